The van der Waals surface area contributed by atoms with Gasteiger partial charge in [0.25, 0.3) is 0 Å². The summed E-state index contributed by atoms with van der Waals surface area (Å²) in [5.41, 5.74) is 2.83. The van der Waals surface area contributed by atoms with Crippen LogP contribution in [0.1, 0.15) is 30.9 Å². The molecule has 1 aliphatic heterocycles. The summed E-state index contributed by atoms with van der Waals surface area (Å²) in [6, 6.07) is 8.91. The predicted molar refractivity (Wildman–Crippen MR) is 82.0 cm³/mol. The molecule has 1 aromatic carbocycles. The Morgan fingerprint density at radius 1 is 1.38 bits per heavy atom. The first-order chi connectivity index (χ1) is 10.3. The van der Waals surface area contributed by atoms with E-state index in [1.54, 1.807) is 0 Å². The summed E-state index contributed by atoms with van der Waals surface area (Å²) < 4.78 is 5.22. The van der Waals surface area contributed by atoms with Gasteiger partial charge in [-0.25, -0.2) is 0 Å². The average Bonchev–Trinajstić information content (AvgIpc) is 3.31. The molecule has 0 saturated heterocycles. The summed E-state index contributed by atoms with van der Waals surface area (Å²) in [6.45, 7) is 5.00. The molecule has 4 nitrogen and oxygen atoms in total. The Balaban J connectivity index is 1.61. The molecule has 0 spiro atoms. The number of esters is 1. The summed E-state index contributed by atoms with van der Waals surface area (Å²) in [6.07, 6.45) is 3.42. The molecule has 1 fully saturated rings. The van der Waals surface area contributed by atoms with Crippen molar-refractivity contribution in [2.24, 2.45) is 0 Å². The molecule has 1 aliphatic carbocycles. The van der Waals surface area contributed by atoms with Gasteiger partial charge in [-0.3, -0.25) is 9.69 Å². The number of carbonyl (C=O) groups is 1. The monoisotopic (exact) mass is 288 g/mol. The van der Waals surface area contributed by atoms with E-state index in [2.05, 4.69) is 34.5 Å². The molecular weight excluding hydrogens is 264 g/mol. The zero-order valence-electron chi connectivity index (χ0n) is 12.7. The lowest BCUT2D eigenvalue weighted by molar-refractivity contribution is -0.146. The van der Waals surface area contributed by atoms with Crippen LogP contribution < -0.4 is 5.32 Å². The van der Waals surface area contributed by atoms with Gasteiger partial charge in [0, 0.05) is 25.7 Å². The van der Waals surface area contributed by atoms with E-state index >= 15 is 0 Å². The van der Waals surface area contributed by atoms with Crippen molar-refractivity contribution in [3.63, 3.8) is 0 Å². The molecule has 0 amide bonds. The van der Waals surface area contributed by atoms with Crippen molar-refractivity contribution in [1.29, 1.82) is 0 Å². The lowest BCUT2D eigenvalue weighted by Crippen LogP contribution is -2.48. The lowest BCUT2D eigenvalue weighted by Gasteiger charge is -2.31. The van der Waals surface area contributed by atoms with E-state index in [1.807, 2.05) is 6.92 Å². The van der Waals surface area contributed by atoms with Crippen molar-refractivity contribution in [3.8, 4) is 0 Å². The molecule has 1 saturated carbocycles. The fourth-order valence-corrected chi connectivity index (χ4v) is 2.94. The smallest absolute Gasteiger partial charge is 0.324 e. The van der Waals surface area contributed by atoms with Crippen LogP contribution >= 0.6 is 0 Å². The molecule has 1 N–H and O–H groups in total. The Labute approximate surface area is 126 Å². The number of fused-ring (bicyclic) bond motifs is 1. The Hall–Kier alpha value is -1.39. The molecule has 1 unspecified atom stereocenters. The first kappa shape index (κ1) is 14.5. The van der Waals surface area contributed by atoms with Gasteiger partial charge < -0.3 is 10.1 Å². The minimum Gasteiger partial charge on any atom is -0.465 e. The van der Waals surface area contributed by atoms with E-state index in [0.29, 0.717) is 12.6 Å². The van der Waals surface area contributed by atoms with E-state index in [-0.39, 0.29) is 12.0 Å². The second-order valence-corrected chi connectivity index (χ2v) is 6.00. The summed E-state index contributed by atoms with van der Waals surface area (Å²) in [5, 5.41) is 3.43. The lowest BCUT2D eigenvalue weighted by atomic mass is 9.99. The maximum atomic E-state index is 12.1. The number of benzene rings is 1. The number of ether oxygens (including phenoxy) is 1. The number of nitrogens with one attached hydrogen (secondary N) is 1. The summed E-state index contributed by atoms with van der Waals surface area (Å²) in [5.74, 6) is -0.108. The molecular formula is C17H24N2O2. The van der Waals surface area contributed by atoms with Crippen LogP contribution in [-0.4, -0.2) is 42.6 Å². The van der Waals surface area contributed by atoms with E-state index in [4.69, 9.17) is 4.74 Å². The number of rotatable bonds is 6. The molecule has 1 aromatic rings. The van der Waals surface area contributed by atoms with Crippen molar-refractivity contribution in [2.75, 3.05) is 19.7 Å². The number of carbonyl (C=O) groups excluding carboxylic acids is 1. The Morgan fingerprint density at radius 3 is 2.86 bits per heavy atom. The van der Waals surface area contributed by atoms with Crippen molar-refractivity contribution >= 4 is 5.97 Å². The van der Waals surface area contributed by atoms with Gasteiger partial charge >= 0.3 is 5.97 Å². The zero-order chi connectivity index (χ0) is 14.7. The maximum Gasteiger partial charge on any atom is 0.324 e. The molecule has 1 heterocycles. The van der Waals surface area contributed by atoms with Crippen molar-refractivity contribution < 1.29 is 9.53 Å². The summed E-state index contributed by atoms with van der Waals surface area (Å²) in [4.78, 5) is 14.5. The molecule has 1 atom stereocenters. The van der Waals surface area contributed by atoms with Crippen LogP contribution in [0.4, 0.5) is 0 Å². The SMILES string of the molecule is CCOC(=O)C(CN1CCc2ccccc2C1)NC1CC1. The van der Waals surface area contributed by atoms with Crippen LogP contribution in [0.15, 0.2) is 24.3 Å². The third-order valence-electron chi connectivity index (χ3n) is 4.24. The Kier molecular flexibility index (Phi) is 4.56. The van der Waals surface area contributed by atoms with Crippen molar-refractivity contribution in [1.82, 2.24) is 10.2 Å². The average molecular weight is 288 g/mol. The van der Waals surface area contributed by atoms with E-state index in [1.165, 1.54) is 24.0 Å². The van der Waals surface area contributed by atoms with Gasteiger partial charge in [-0.05, 0) is 37.3 Å². The van der Waals surface area contributed by atoms with Gasteiger partial charge in [-0.15, -0.1) is 0 Å². The fraction of sp³-hybridized carbons (Fsp3) is 0.588. The van der Waals surface area contributed by atoms with E-state index < -0.39 is 0 Å². The maximum absolute atomic E-state index is 12.1. The van der Waals surface area contributed by atoms with Gasteiger partial charge in [0.15, 0.2) is 0 Å². The fourth-order valence-electron chi connectivity index (χ4n) is 2.94. The first-order valence-corrected chi connectivity index (χ1v) is 7.98. The van der Waals surface area contributed by atoms with Gasteiger partial charge in [-0.2, -0.15) is 0 Å². The van der Waals surface area contributed by atoms with Crippen LogP contribution in [0.2, 0.25) is 0 Å². The second-order valence-electron chi connectivity index (χ2n) is 6.00. The Morgan fingerprint density at radius 2 is 2.14 bits per heavy atom. The number of hydrogen-bond donors (Lipinski definition) is 1. The highest BCUT2D eigenvalue weighted by Crippen LogP contribution is 2.22. The Bertz CT molecular complexity index is 499. The van der Waals surface area contributed by atoms with Gasteiger partial charge in [0.05, 0.1) is 6.61 Å². The van der Waals surface area contributed by atoms with Crippen LogP contribution in [-0.2, 0) is 22.5 Å². The van der Waals surface area contributed by atoms with Gasteiger partial charge in [0.1, 0.15) is 6.04 Å². The first-order valence-electron chi connectivity index (χ1n) is 7.98. The van der Waals surface area contributed by atoms with Crippen LogP contribution in [0, 0.1) is 0 Å². The highest BCUT2D eigenvalue weighted by atomic mass is 16.5. The quantitative estimate of drug-likeness (QED) is 0.810. The van der Waals surface area contributed by atoms with Crippen LogP contribution in [0.3, 0.4) is 0 Å². The second kappa shape index (κ2) is 6.58. The highest BCUT2D eigenvalue weighted by molar-refractivity contribution is 5.76. The molecule has 0 radical (unpaired) electrons. The number of hydrogen-bond acceptors (Lipinski definition) is 4. The number of nitrogens with zero attached hydrogens (tertiary/aromatic N) is 1. The predicted octanol–water partition coefficient (Wildman–Crippen LogP) is 1.73. The largest absolute Gasteiger partial charge is 0.465 e. The minimum absolute atomic E-state index is 0.108. The van der Waals surface area contributed by atoms with E-state index in [0.717, 1.165) is 26.1 Å². The normalized spacial score (nSPS) is 19.9. The summed E-state index contributed by atoms with van der Waals surface area (Å²) in [7, 11) is 0. The third-order valence-corrected chi connectivity index (χ3v) is 4.24. The van der Waals surface area contributed by atoms with Crippen molar-refractivity contribution in [3.05, 3.63) is 35.4 Å². The molecule has 2 aliphatic rings. The molecule has 21 heavy (non-hydrogen) atoms. The third kappa shape index (κ3) is 3.83. The molecule has 4 heteroatoms. The molecule has 114 valence electrons. The zero-order valence-corrected chi connectivity index (χ0v) is 12.7. The van der Waals surface area contributed by atoms with E-state index in [9.17, 15) is 4.79 Å². The van der Waals surface area contributed by atoms with Crippen molar-refractivity contribution in [2.45, 2.75) is 44.8 Å². The van der Waals surface area contributed by atoms with Crippen LogP contribution in [0.25, 0.3) is 0 Å². The van der Waals surface area contributed by atoms with Crippen LogP contribution in [0.5, 0.6) is 0 Å². The summed E-state index contributed by atoms with van der Waals surface area (Å²) >= 11 is 0. The minimum atomic E-state index is -0.192. The molecule has 0 aromatic heterocycles. The molecule has 0 bridgehead atoms. The van der Waals surface area contributed by atoms with Gasteiger partial charge in [0.2, 0.25) is 0 Å². The van der Waals surface area contributed by atoms with Gasteiger partial charge in [-0.1, -0.05) is 24.3 Å². The highest BCUT2D eigenvalue weighted by Gasteiger charge is 2.31. The topological polar surface area (TPSA) is 41.6 Å². The standard InChI is InChI=1S/C17H24N2O2/c1-2-21-17(20)16(18-15-7-8-15)12-19-10-9-13-5-3-4-6-14(13)11-19/h3-6,15-16,18H,2,7-12H2,1H3. The molecule has 3 rings (SSSR count).